The summed E-state index contributed by atoms with van der Waals surface area (Å²) < 4.78 is 0. The molecule has 0 atom stereocenters. The highest BCUT2D eigenvalue weighted by Gasteiger charge is 2.38. The lowest BCUT2D eigenvalue weighted by Crippen LogP contribution is -2.16. The molecule has 58 heavy (non-hydrogen) atoms. The molecule has 0 heterocycles. The van der Waals surface area contributed by atoms with Crippen LogP contribution in [0.1, 0.15) is 25.0 Å². The number of hydrogen-bond acceptors (Lipinski definition) is 1. The van der Waals surface area contributed by atoms with Gasteiger partial charge in [-0.3, -0.25) is 0 Å². The van der Waals surface area contributed by atoms with E-state index in [0.29, 0.717) is 0 Å². The first-order chi connectivity index (χ1) is 28.5. The van der Waals surface area contributed by atoms with Gasteiger partial charge >= 0.3 is 0 Å². The van der Waals surface area contributed by atoms with Crippen LogP contribution in [0.3, 0.4) is 0 Å². The van der Waals surface area contributed by atoms with Gasteiger partial charge in [0.25, 0.3) is 0 Å². The maximum Gasteiger partial charge on any atom is 0.0543 e. The predicted molar refractivity (Wildman–Crippen MR) is 245 cm³/mol. The molecule has 9 aromatic rings. The second-order valence-corrected chi connectivity index (χ2v) is 16.1. The Hall–Kier alpha value is -7.22. The SMILES string of the molecule is CC1(C)c2ccccc2-c2c(N(c3ccc(-c4ccc(-c5ccccc5)cc4)cc3)c3ccc4c(c3)-c3ccccc3-c3ccccc3-c3ccccc3-4)cccc21. The molecule has 0 N–H and O–H groups in total. The minimum Gasteiger partial charge on any atom is -0.310 e. The summed E-state index contributed by atoms with van der Waals surface area (Å²) in [4.78, 5) is 2.49. The van der Waals surface area contributed by atoms with Crippen molar-refractivity contribution in [2.45, 2.75) is 19.3 Å². The van der Waals surface area contributed by atoms with Gasteiger partial charge < -0.3 is 4.90 Å². The van der Waals surface area contributed by atoms with Crippen molar-refractivity contribution in [2.75, 3.05) is 4.90 Å². The Morgan fingerprint density at radius 3 is 1.24 bits per heavy atom. The molecule has 0 fully saturated rings. The molecule has 0 aliphatic heterocycles. The van der Waals surface area contributed by atoms with Crippen LogP contribution in [0.15, 0.2) is 212 Å². The molecule has 1 nitrogen and oxygen atoms in total. The normalized spacial score (nSPS) is 12.8. The first-order valence-electron chi connectivity index (χ1n) is 20.3. The first-order valence-corrected chi connectivity index (χ1v) is 20.3. The van der Waals surface area contributed by atoms with Gasteiger partial charge in [-0.1, -0.05) is 196 Å². The summed E-state index contributed by atoms with van der Waals surface area (Å²) in [6.45, 7) is 4.72. The Kier molecular flexibility index (Phi) is 7.91. The lowest BCUT2D eigenvalue weighted by atomic mass is 9.80. The highest BCUT2D eigenvalue weighted by Crippen LogP contribution is 2.55. The van der Waals surface area contributed by atoms with Crippen LogP contribution in [0.5, 0.6) is 0 Å². The van der Waals surface area contributed by atoms with Gasteiger partial charge in [0.2, 0.25) is 0 Å². The average molecular weight is 740 g/mol. The summed E-state index contributed by atoms with van der Waals surface area (Å²) in [5.74, 6) is 0. The van der Waals surface area contributed by atoms with Gasteiger partial charge in [0.15, 0.2) is 0 Å². The fourth-order valence-electron chi connectivity index (χ4n) is 9.63. The summed E-state index contributed by atoms with van der Waals surface area (Å²) in [7, 11) is 0. The van der Waals surface area contributed by atoms with Crippen molar-refractivity contribution in [3.05, 3.63) is 223 Å². The van der Waals surface area contributed by atoms with Gasteiger partial charge in [-0.05, 0) is 114 Å². The Labute approximate surface area is 341 Å². The van der Waals surface area contributed by atoms with Crippen LogP contribution in [0.2, 0.25) is 0 Å². The van der Waals surface area contributed by atoms with Crippen LogP contribution in [0, 0.1) is 0 Å². The largest absolute Gasteiger partial charge is 0.310 e. The number of hydrogen-bond donors (Lipinski definition) is 0. The molecule has 1 heteroatoms. The molecule has 0 radical (unpaired) electrons. The number of nitrogens with zero attached hydrogens (tertiary/aromatic N) is 1. The quantitative estimate of drug-likeness (QED) is 0.170. The van der Waals surface area contributed by atoms with Crippen molar-refractivity contribution in [1.29, 1.82) is 0 Å². The third kappa shape index (κ3) is 5.39. The molecule has 0 spiro atoms. The van der Waals surface area contributed by atoms with Gasteiger partial charge in [0.1, 0.15) is 0 Å². The molecule has 2 aliphatic rings. The van der Waals surface area contributed by atoms with Crippen LogP contribution < -0.4 is 4.90 Å². The molecular formula is C57H41N. The van der Waals surface area contributed by atoms with E-state index < -0.39 is 0 Å². The van der Waals surface area contributed by atoms with Gasteiger partial charge in [-0.2, -0.15) is 0 Å². The maximum atomic E-state index is 2.49. The smallest absolute Gasteiger partial charge is 0.0543 e. The van der Waals surface area contributed by atoms with Crippen molar-refractivity contribution in [2.24, 2.45) is 0 Å². The van der Waals surface area contributed by atoms with E-state index in [1.54, 1.807) is 0 Å². The van der Waals surface area contributed by atoms with E-state index in [2.05, 4.69) is 231 Å². The molecule has 0 bridgehead atoms. The van der Waals surface area contributed by atoms with Crippen molar-refractivity contribution >= 4 is 17.1 Å². The Balaban J connectivity index is 1.11. The molecule has 0 saturated heterocycles. The molecule has 9 aromatic carbocycles. The zero-order valence-electron chi connectivity index (χ0n) is 32.7. The van der Waals surface area contributed by atoms with E-state index in [4.69, 9.17) is 0 Å². The van der Waals surface area contributed by atoms with Crippen molar-refractivity contribution in [1.82, 2.24) is 0 Å². The molecular weight excluding hydrogens is 699 g/mol. The number of rotatable bonds is 5. The molecule has 274 valence electrons. The second-order valence-electron chi connectivity index (χ2n) is 16.1. The number of anilines is 3. The molecule has 0 saturated carbocycles. The maximum absolute atomic E-state index is 2.49. The standard InChI is InChI=1S/C57H41N/c1-57(2)53-24-13-12-23-51(53)56-54(57)25-14-26-55(56)58(42-33-31-41(32-34-42)40-29-27-39(28-30-40)38-15-4-3-5-16-38)43-35-36-50-48-21-9-8-19-46(48)44-17-6-7-18-45(44)47-20-10-11-22-49(47)52(50)37-43/h3-37H,1-2H3. The second kappa shape index (κ2) is 13.5. The average Bonchev–Trinajstić information content (AvgIpc) is 3.53. The molecule has 0 unspecified atom stereocenters. The predicted octanol–water partition coefficient (Wildman–Crippen LogP) is 15.8. The van der Waals surface area contributed by atoms with E-state index in [0.717, 1.165) is 11.4 Å². The van der Waals surface area contributed by atoms with Gasteiger partial charge in [0.05, 0.1) is 5.69 Å². The van der Waals surface area contributed by atoms with Crippen molar-refractivity contribution in [3.8, 4) is 77.9 Å². The van der Waals surface area contributed by atoms with Gasteiger partial charge in [0, 0.05) is 22.4 Å². The Morgan fingerprint density at radius 1 is 0.293 bits per heavy atom. The van der Waals surface area contributed by atoms with E-state index in [1.165, 1.54) is 94.7 Å². The third-order valence-corrected chi connectivity index (χ3v) is 12.5. The number of benzene rings is 9. The van der Waals surface area contributed by atoms with E-state index in [-0.39, 0.29) is 5.41 Å². The highest BCUT2D eigenvalue weighted by molar-refractivity contribution is 6.04. The van der Waals surface area contributed by atoms with Crippen molar-refractivity contribution < 1.29 is 0 Å². The minimum absolute atomic E-state index is 0.120. The summed E-state index contributed by atoms with van der Waals surface area (Å²) in [5, 5.41) is 0. The zero-order chi connectivity index (χ0) is 38.8. The topological polar surface area (TPSA) is 3.24 Å². The third-order valence-electron chi connectivity index (χ3n) is 12.5. The summed E-state index contributed by atoms with van der Waals surface area (Å²) in [6.07, 6.45) is 0. The Bertz CT molecular complexity index is 3000. The highest BCUT2D eigenvalue weighted by atomic mass is 15.1. The summed E-state index contributed by atoms with van der Waals surface area (Å²) >= 11 is 0. The van der Waals surface area contributed by atoms with Crippen LogP contribution in [0.4, 0.5) is 17.1 Å². The molecule has 0 amide bonds. The Morgan fingerprint density at radius 2 is 0.690 bits per heavy atom. The fraction of sp³-hybridized carbons (Fsp3) is 0.0526. The molecule has 2 aliphatic carbocycles. The van der Waals surface area contributed by atoms with Gasteiger partial charge in [-0.15, -0.1) is 0 Å². The molecule has 0 aromatic heterocycles. The van der Waals surface area contributed by atoms with E-state index in [1.807, 2.05) is 0 Å². The van der Waals surface area contributed by atoms with Crippen LogP contribution in [-0.2, 0) is 5.41 Å². The lowest BCUT2D eigenvalue weighted by Gasteiger charge is -2.30. The minimum atomic E-state index is -0.120. The summed E-state index contributed by atoms with van der Waals surface area (Å²) in [5.41, 5.74) is 23.4. The summed E-state index contributed by atoms with van der Waals surface area (Å²) in [6, 6.07) is 78.3. The number of fused-ring (bicyclic) bond motifs is 11. The first kappa shape index (κ1) is 34.1. The van der Waals surface area contributed by atoms with E-state index >= 15 is 0 Å². The van der Waals surface area contributed by atoms with Crippen molar-refractivity contribution in [3.63, 3.8) is 0 Å². The fourth-order valence-corrected chi connectivity index (χ4v) is 9.63. The molecule has 11 rings (SSSR count). The van der Waals surface area contributed by atoms with E-state index in [9.17, 15) is 0 Å². The van der Waals surface area contributed by atoms with Gasteiger partial charge in [-0.25, -0.2) is 0 Å². The zero-order valence-corrected chi connectivity index (χ0v) is 32.7. The van der Waals surface area contributed by atoms with Crippen LogP contribution in [-0.4, -0.2) is 0 Å². The monoisotopic (exact) mass is 739 g/mol. The van der Waals surface area contributed by atoms with Crippen LogP contribution in [0.25, 0.3) is 77.9 Å². The van der Waals surface area contributed by atoms with Crippen LogP contribution >= 0.6 is 0 Å². The lowest BCUT2D eigenvalue weighted by molar-refractivity contribution is 0.660.